The van der Waals surface area contributed by atoms with Crippen molar-refractivity contribution in [2.75, 3.05) is 11.9 Å². The number of aromatic nitrogens is 2. The molecule has 0 fully saturated rings. The first-order valence-electron chi connectivity index (χ1n) is 7.71. The number of hydrogen-bond acceptors (Lipinski definition) is 3. The minimum atomic E-state index is -0.152. The Labute approximate surface area is 139 Å². The smallest absolute Gasteiger partial charge is 0.251 e. The van der Waals surface area contributed by atoms with E-state index in [9.17, 15) is 9.59 Å². The summed E-state index contributed by atoms with van der Waals surface area (Å²) in [5, 5.41) is 5.53. The summed E-state index contributed by atoms with van der Waals surface area (Å²) in [6, 6.07) is 14.6. The van der Waals surface area contributed by atoms with Gasteiger partial charge >= 0.3 is 0 Å². The van der Waals surface area contributed by atoms with Crippen LogP contribution in [0.1, 0.15) is 23.1 Å². The molecule has 0 aliphatic heterocycles. The summed E-state index contributed by atoms with van der Waals surface area (Å²) >= 11 is 0. The molecular weight excluding hydrogens is 304 g/mol. The number of nitrogens with zero attached hydrogens (tertiary/aromatic N) is 1. The van der Waals surface area contributed by atoms with Crippen molar-refractivity contribution >= 4 is 28.5 Å². The number of carbonyl (C=O) groups is 2. The first-order valence-corrected chi connectivity index (χ1v) is 7.71. The molecule has 0 radical (unpaired) electrons. The Morgan fingerprint density at radius 3 is 2.54 bits per heavy atom. The van der Waals surface area contributed by atoms with Crippen molar-refractivity contribution in [1.29, 1.82) is 0 Å². The molecule has 0 bridgehead atoms. The zero-order valence-corrected chi connectivity index (χ0v) is 13.3. The van der Waals surface area contributed by atoms with Gasteiger partial charge in [0.15, 0.2) is 0 Å². The summed E-state index contributed by atoms with van der Waals surface area (Å²) < 4.78 is 0. The van der Waals surface area contributed by atoms with Gasteiger partial charge in [0.1, 0.15) is 5.82 Å². The van der Waals surface area contributed by atoms with Gasteiger partial charge in [0.2, 0.25) is 5.91 Å². The molecule has 1 aromatic heterocycles. The van der Waals surface area contributed by atoms with Crippen molar-refractivity contribution in [3.8, 4) is 0 Å². The average Bonchev–Trinajstić information content (AvgIpc) is 2.97. The normalized spacial score (nSPS) is 10.5. The lowest BCUT2D eigenvalue weighted by Gasteiger charge is -2.06. The molecule has 2 aromatic carbocycles. The van der Waals surface area contributed by atoms with E-state index in [1.807, 2.05) is 24.3 Å². The van der Waals surface area contributed by atoms with Gasteiger partial charge in [-0.3, -0.25) is 9.59 Å². The maximum atomic E-state index is 12.1. The number of anilines is 1. The number of imidazole rings is 1. The molecule has 24 heavy (non-hydrogen) atoms. The molecular formula is C18H18N4O2. The van der Waals surface area contributed by atoms with Gasteiger partial charge in [-0.25, -0.2) is 4.98 Å². The fourth-order valence-corrected chi connectivity index (χ4v) is 2.43. The molecule has 3 N–H and O–H groups in total. The third kappa shape index (κ3) is 3.78. The fraction of sp³-hybridized carbons (Fsp3) is 0.167. The van der Waals surface area contributed by atoms with Crippen LogP contribution in [0.2, 0.25) is 0 Å². The quantitative estimate of drug-likeness (QED) is 0.674. The van der Waals surface area contributed by atoms with Crippen molar-refractivity contribution in [2.45, 2.75) is 13.3 Å². The Bertz CT molecular complexity index is 835. The standard InChI is InChI=1S/C18H18N4O2/c1-12(23)20-14-8-6-13(7-9-14)18(24)19-11-10-17-21-15-4-2-3-5-16(15)22-17/h2-9H,10-11H2,1H3,(H,19,24)(H,20,23)(H,21,22). The van der Waals surface area contributed by atoms with Crippen LogP contribution in [-0.4, -0.2) is 28.3 Å². The minimum Gasteiger partial charge on any atom is -0.352 e. The Morgan fingerprint density at radius 1 is 1.08 bits per heavy atom. The predicted molar refractivity (Wildman–Crippen MR) is 92.9 cm³/mol. The van der Waals surface area contributed by atoms with E-state index < -0.39 is 0 Å². The van der Waals surface area contributed by atoms with Gasteiger partial charge in [-0.1, -0.05) is 12.1 Å². The molecule has 0 aliphatic carbocycles. The summed E-state index contributed by atoms with van der Waals surface area (Å²) in [6.45, 7) is 1.94. The van der Waals surface area contributed by atoms with E-state index in [4.69, 9.17) is 0 Å². The summed E-state index contributed by atoms with van der Waals surface area (Å²) in [7, 11) is 0. The second-order valence-corrected chi connectivity index (χ2v) is 5.47. The molecule has 0 saturated heterocycles. The second kappa shape index (κ2) is 6.95. The van der Waals surface area contributed by atoms with Crippen LogP contribution >= 0.6 is 0 Å². The highest BCUT2D eigenvalue weighted by Gasteiger charge is 2.07. The first-order chi connectivity index (χ1) is 11.6. The van der Waals surface area contributed by atoms with Crippen molar-refractivity contribution in [1.82, 2.24) is 15.3 Å². The lowest BCUT2D eigenvalue weighted by atomic mass is 10.2. The van der Waals surface area contributed by atoms with Crippen molar-refractivity contribution in [3.63, 3.8) is 0 Å². The Morgan fingerprint density at radius 2 is 1.83 bits per heavy atom. The highest BCUT2D eigenvalue weighted by molar-refractivity contribution is 5.95. The maximum Gasteiger partial charge on any atom is 0.251 e. The van der Waals surface area contributed by atoms with Gasteiger partial charge in [-0.15, -0.1) is 0 Å². The third-order valence-corrected chi connectivity index (χ3v) is 3.55. The molecule has 0 saturated carbocycles. The van der Waals surface area contributed by atoms with E-state index in [0.29, 0.717) is 24.2 Å². The van der Waals surface area contributed by atoms with Crippen LogP contribution < -0.4 is 10.6 Å². The summed E-state index contributed by atoms with van der Waals surface area (Å²) in [5.74, 6) is 0.552. The maximum absolute atomic E-state index is 12.1. The molecule has 6 heteroatoms. The average molecular weight is 322 g/mol. The number of aromatic amines is 1. The number of fused-ring (bicyclic) bond motifs is 1. The number of rotatable bonds is 5. The summed E-state index contributed by atoms with van der Waals surface area (Å²) in [4.78, 5) is 30.8. The van der Waals surface area contributed by atoms with Crippen LogP contribution in [0.15, 0.2) is 48.5 Å². The van der Waals surface area contributed by atoms with Gasteiger partial charge < -0.3 is 15.6 Å². The molecule has 6 nitrogen and oxygen atoms in total. The number of H-pyrrole nitrogens is 1. The number of carbonyl (C=O) groups excluding carboxylic acids is 2. The van der Waals surface area contributed by atoms with Crippen LogP contribution in [0.4, 0.5) is 5.69 Å². The number of amides is 2. The highest BCUT2D eigenvalue weighted by atomic mass is 16.2. The molecule has 2 amide bonds. The SMILES string of the molecule is CC(=O)Nc1ccc(C(=O)NCCc2nc3ccccc3[nH]2)cc1. The summed E-state index contributed by atoms with van der Waals surface area (Å²) in [6.07, 6.45) is 0.629. The van der Waals surface area contributed by atoms with Crippen LogP contribution in [0.5, 0.6) is 0 Å². The van der Waals surface area contributed by atoms with Crippen LogP contribution in [0, 0.1) is 0 Å². The van der Waals surface area contributed by atoms with Gasteiger partial charge in [-0.05, 0) is 36.4 Å². The lowest BCUT2D eigenvalue weighted by Crippen LogP contribution is -2.25. The molecule has 3 aromatic rings. The van der Waals surface area contributed by atoms with Crippen LogP contribution in [-0.2, 0) is 11.2 Å². The van der Waals surface area contributed by atoms with Gasteiger partial charge in [0, 0.05) is 31.1 Å². The second-order valence-electron chi connectivity index (χ2n) is 5.47. The molecule has 122 valence electrons. The predicted octanol–water partition coefficient (Wildman–Crippen LogP) is 2.49. The van der Waals surface area contributed by atoms with E-state index >= 15 is 0 Å². The van der Waals surface area contributed by atoms with Crippen LogP contribution in [0.25, 0.3) is 11.0 Å². The van der Waals surface area contributed by atoms with E-state index in [-0.39, 0.29) is 11.8 Å². The van der Waals surface area contributed by atoms with Crippen molar-refractivity contribution in [2.24, 2.45) is 0 Å². The molecule has 0 atom stereocenters. The number of hydrogen-bond donors (Lipinski definition) is 3. The summed E-state index contributed by atoms with van der Waals surface area (Å²) in [5.41, 5.74) is 3.13. The molecule has 1 heterocycles. The molecule has 0 aliphatic rings. The monoisotopic (exact) mass is 322 g/mol. The first kappa shape index (κ1) is 15.7. The van der Waals surface area contributed by atoms with E-state index in [0.717, 1.165) is 16.9 Å². The van der Waals surface area contributed by atoms with Crippen molar-refractivity contribution in [3.05, 3.63) is 59.9 Å². The Balaban J connectivity index is 1.54. The topological polar surface area (TPSA) is 86.9 Å². The number of para-hydroxylation sites is 2. The lowest BCUT2D eigenvalue weighted by molar-refractivity contribution is -0.114. The third-order valence-electron chi connectivity index (χ3n) is 3.55. The van der Waals surface area contributed by atoms with E-state index in [2.05, 4.69) is 20.6 Å². The number of benzene rings is 2. The van der Waals surface area contributed by atoms with E-state index in [1.54, 1.807) is 24.3 Å². The largest absolute Gasteiger partial charge is 0.352 e. The molecule has 0 unspecified atom stereocenters. The zero-order valence-electron chi connectivity index (χ0n) is 13.3. The Kier molecular flexibility index (Phi) is 4.56. The van der Waals surface area contributed by atoms with Gasteiger partial charge in [0.05, 0.1) is 11.0 Å². The minimum absolute atomic E-state index is 0.141. The Hall–Kier alpha value is -3.15. The number of nitrogens with one attached hydrogen (secondary N) is 3. The van der Waals surface area contributed by atoms with E-state index in [1.165, 1.54) is 6.92 Å². The van der Waals surface area contributed by atoms with Crippen LogP contribution in [0.3, 0.4) is 0 Å². The molecule has 0 spiro atoms. The van der Waals surface area contributed by atoms with Gasteiger partial charge in [-0.2, -0.15) is 0 Å². The fourth-order valence-electron chi connectivity index (χ4n) is 2.43. The highest BCUT2D eigenvalue weighted by Crippen LogP contribution is 2.11. The molecule has 3 rings (SSSR count). The van der Waals surface area contributed by atoms with Crippen molar-refractivity contribution < 1.29 is 9.59 Å². The van der Waals surface area contributed by atoms with Gasteiger partial charge in [0.25, 0.3) is 5.91 Å². The zero-order chi connectivity index (χ0) is 16.9.